The molecule has 0 radical (unpaired) electrons. The molecule has 0 saturated carbocycles. The van der Waals surface area contributed by atoms with Crippen LogP contribution < -0.4 is 10.1 Å². The maximum atomic E-state index is 12.0. The van der Waals surface area contributed by atoms with Crippen molar-refractivity contribution in [3.8, 4) is 5.75 Å². The maximum absolute atomic E-state index is 12.0. The molecule has 126 valence electrons. The first-order valence-electron chi connectivity index (χ1n) is 8.27. The van der Waals surface area contributed by atoms with Crippen LogP contribution in [0.4, 0.5) is 5.82 Å². The molecule has 3 rings (SSSR count). The number of hydrogen-bond donors (Lipinski definition) is 1. The summed E-state index contributed by atoms with van der Waals surface area (Å²) in [4.78, 5) is 18.0. The Morgan fingerprint density at radius 3 is 2.92 bits per heavy atom. The molecule has 5 heteroatoms. The van der Waals surface area contributed by atoms with E-state index in [0.717, 1.165) is 37.6 Å². The van der Waals surface area contributed by atoms with Crippen LogP contribution in [-0.2, 0) is 6.42 Å². The largest absolute Gasteiger partial charge is 0.493 e. The Labute approximate surface area is 142 Å². The molecule has 1 aliphatic rings. The molecule has 1 amide bonds. The number of benzene rings is 1. The number of ether oxygens (including phenoxy) is 1. The van der Waals surface area contributed by atoms with Gasteiger partial charge in [0.1, 0.15) is 17.3 Å². The van der Waals surface area contributed by atoms with Gasteiger partial charge in [-0.15, -0.1) is 0 Å². The number of fused-ring (bicyclic) bond motifs is 1. The zero-order valence-electron chi connectivity index (χ0n) is 14.2. The van der Waals surface area contributed by atoms with E-state index in [2.05, 4.69) is 22.4 Å². The number of amides is 1. The average molecular weight is 325 g/mol. The van der Waals surface area contributed by atoms with Crippen molar-refractivity contribution in [2.45, 2.75) is 12.8 Å². The van der Waals surface area contributed by atoms with Crippen LogP contribution >= 0.6 is 0 Å². The SMILES string of the molecule is CN(C)C(=O)c1cccc(NC[C@H]2CCOc3ccccc3C2)n1. The number of rotatable bonds is 4. The predicted octanol–water partition coefficient (Wildman–Crippen LogP) is 2.84. The summed E-state index contributed by atoms with van der Waals surface area (Å²) in [5, 5.41) is 3.37. The third-order valence-corrected chi connectivity index (χ3v) is 4.21. The number of aromatic nitrogens is 1. The Bertz CT molecular complexity index is 715. The molecule has 1 atom stereocenters. The Morgan fingerprint density at radius 1 is 1.25 bits per heavy atom. The van der Waals surface area contributed by atoms with Gasteiger partial charge in [0, 0.05) is 20.6 Å². The van der Waals surface area contributed by atoms with Crippen molar-refractivity contribution in [1.82, 2.24) is 9.88 Å². The second kappa shape index (κ2) is 7.34. The number of nitrogens with one attached hydrogen (secondary N) is 1. The molecule has 24 heavy (non-hydrogen) atoms. The van der Waals surface area contributed by atoms with Gasteiger partial charge >= 0.3 is 0 Å². The van der Waals surface area contributed by atoms with Crippen molar-refractivity contribution in [3.05, 3.63) is 53.7 Å². The molecule has 0 bridgehead atoms. The van der Waals surface area contributed by atoms with Crippen LogP contribution in [0.15, 0.2) is 42.5 Å². The summed E-state index contributed by atoms with van der Waals surface area (Å²) in [5.74, 6) is 2.12. The molecule has 0 saturated heterocycles. The van der Waals surface area contributed by atoms with E-state index >= 15 is 0 Å². The van der Waals surface area contributed by atoms with Crippen molar-refractivity contribution >= 4 is 11.7 Å². The molecule has 2 aromatic rings. The van der Waals surface area contributed by atoms with E-state index in [1.807, 2.05) is 24.3 Å². The highest BCUT2D eigenvalue weighted by Gasteiger charge is 2.17. The summed E-state index contributed by atoms with van der Waals surface area (Å²) in [6, 6.07) is 13.7. The zero-order chi connectivity index (χ0) is 16.9. The highest BCUT2D eigenvalue weighted by Crippen LogP contribution is 2.26. The second-order valence-corrected chi connectivity index (χ2v) is 6.30. The predicted molar refractivity (Wildman–Crippen MR) is 94.5 cm³/mol. The Morgan fingerprint density at radius 2 is 2.08 bits per heavy atom. The minimum absolute atomic E-state index is 0.0876. The molecular formula is C19H23N3O2. The van der Waals surface area contributed by atoms with Gasteiger partial charge in [-0.25, -0.2) is 4.98 Å². The number of anilines is 1. The number of hydrogen-bond acceptors (Lipinski definition) is 4. The topological polar surface area (TPSA) is 54.5 Å². The Hall–Kier alpha value is -2.56. The normalized spacial score (nSPS) is 16.5. The smallest absolute Gasteiger partial charge is 0.272 e. The van der Waals surface area contributed by atoms with E-state index in [0.29, 0.717) is 11.6 Å². The van der Waals surface area contributed by atoms with E-state index in [-0.39, 0.29) is 5.91 Å². The summed E-state index contributed by atoms with van der Waals surface area (Å²) < 4.78 is 5.81. The first kappa shape index (κ1) is 16.3. The summed E-state index contributed by atoms with van der Waals surface area (Å²) >= 11 is 0. The van der Waals surface area contributed by atoms with Crippen molar-refractivity contribution in [2.75, 3.05) is 32.6 Å². The van der Waals surface area contributed by atoms with Crippen LogP contribution in [0.5, 0.6) is 5.75 Å². The molecule has 0 aliphatic carbocycles. The summed E-state index contributed by atoms with van der Waals surface area (Å²) in [6.45, 7) is 1.54. The van der Waals surface area contributed by atoms with Crippen LogP contribution in [0.2, 0.25) is 0 Å². The lowest BCUT2D eigenvalue weighted by molar-refractivity contribution is 0.0822. The summed E-state index contributed by atoms with van der Waals surface area (Å²) in [6.07, 6.45) is 1.98. The number of carbonyl (C=O) groups is 1. The van der Waals surface area contributed by atoms with Gasteiger partial charge in [0.15, 0.2) is 0 Å². The number of para-hydroxylation sites is 1. The van der Waals surface area contributed by atoms with E-state index in [1.165, 1.54) is 10.5 Å². The standard InChI is InChI=1S/C19H23N3O2/c1-22(2)19(23)16-7-5-9-18(21-16)20-13-14-10-11-24-17-8-4-3-6-15(17)12-14/h3-9,14H,10-13H2,1-2H3,(H,20,21)/t14-/m0/s1. The van der Waals surface area contributed by atoms with E-state index < -0.39 is 0 Å². The zero-order valence-corrected chi connectivity index (χ0v) is 14.2. The molecule has 1 aliphatic heterocycles. The fraction of sp³-hybridized carbons (Fsp3) is 0.368. The fourth-order valence-electron chi connectivity index (χ4n) is 2.87. The van der Waals surface area contributed by atoms with Crippen LogP contribution in [0, 0.1) is 5.92 Å². The van der Waals surface area contributed by atoms with E-state index in [9.17, 15) is 4.79 Å². The van der Waals surface area contributed by atoms with Gasteiger partial charge in [0.2, 0.25) is 0 Å². The van der Waals surface area contributed by atoms with E-state index in [1.54, 1.807) is 20.2 Å². The second-order valence-electron chi connectivity index (χ2n) is 6.30. The first-order chi connectivity index (χ1) is 11.6. The van der Waals surface area contributed by atoms with Gasteiger partial charge in [-0.1, -0.05) is 24.3 Å². The van der Waals surface area contributed by atoms with Gasteiger partial charge in [0.05, 0.1) is 6.61 Å². The highest BCUT2D eigenvalue weighted by atomic mass is 16.5. The van der Waals surface area contributed by atoms with Gasteiger partial charge in [0.25, 0.3) is 5.91 Å². The molecule has 0 fully saturated rings. The van der Waals surface area contributed by atoms with E-state index in [4.69, 9.17) is 4.74 Å². The molecule has 5 nitrogen and oxygen atoms in total. The highest BCUT2D eigenvalue weighted by molar-refractivity contribution is 5.92. The fourth-order valence-corrected chi connectivity index (χ4v) is 2.87. The van der Waals surface area contributed by atoms with Gasteiger partial charge in [-0.3, -0.25) is 4.79 Å². The quantitative estimate of drug-likeness (QED) is 0.939. The van der Waals surface area contributed by atoms with Gasteiger partial charge < -0.3 is 15.0 Å². The molecule has 2 heterocycles. The summed E-state index contributed by atoms with van der Waals surface area (Å²) in [5.41, 5.74) is 1.71. The Balaban J connectivity index is 1.64. The molecule has 0 spiro atoms. The minimum Gasteiger partial charge on any atom is -0.493 e. The molecule has 1 aromatic heterocycles. The monoisotopic (exact) mass is 325 g/mol. The lowest BCUT2D eigenvalue weighted by Gasteiger charge is -2.16. The average Bonchev–Trinajstić information content (AvgIpc) is 2.81. The Kier molecular flexibility index (Phi) is 4.99. The van der Waals surface area contributed by atoms with Crippen LogP contribution in [-0.4, -0.2) is 43.0 Å². The number of nitrogens with zero attached hydrogens (tertiary/aromatic N) is 2. The lowest BCUT2D eigenvalue weighted by Crippen LogP contribution is -2.23. The minimum atomic E-state index is -0.0876. The van der Waals surface area contributed by atoms with Gasteiger partial charge in [-0.05, 0) is 42.5 Å². The van der Waals surface area contributed by atoms with Crippen molar-refractivity contribution in [2.24, 2.45) is 5.92 Å². The maximum Gasteiger partial charge on any atom is 0.272 e. The van der Waals surface area contributed by atoms with Crippen molar-refractivity contribution in [1.29, 1.82) is 0 Å². The van der Waals surface area contributed by atoms with Crippen LogP contribution in [0.3, 0.4) is 0 Å². The first-order valence-corrected chi connectivity index (χ1v) is 8.27. The molecule has 0 unspecified atom stereocenters. The third kappa shape index (κ3) is 3.85. The number of carbonyl (C=O) groups excluding carboxylic acids is 1. The van der Waals surface area contributed by atoms with Crippen LogP contribution in [0.25, 0.3) is 0 Å². The van der Waals surface area contributed by atoms with Gasteiger partial charge in [-0.2, -0.15) is 0 Å². The molecular weight excluding hydrogens is 302 g/mol. The van der Waals surface area contributed by atoms with Crippen molar-refractivity contribution in [3.63, 3.8) is 0 Å². The third-order valence-electron chi connectivity index (χ3n) is 4.21. The lowest BCUT2D eigenvalue weighted by atomic mass is 9.97. The number of pyridine rings is 1. The van der Waals surface area contributed by atoms with Crippen LogP contribution in [0.1, 0.15) is 22.5 Å². The van der Waals surface area contributed by atoms with Crippen molar-refractivity contribution < 1.29 is 9.53 Å². The molecule has 1 N–H and O–H groups in total. The summed E-state index contributed by atoms with van der Waals surface area (Å²) in [7, 11) is 3.46. The molecule has 1 aromatic carbocycles.